The number of halogens is 1. The van der Waals surface area contributed by atoms with Crippen molar-refractivity contribution in [3.63, 3.8) is 0 Å². The molecule has 0 aliphatic rings. The number of esters is 1. The van der Waals surface area contributed by atoms with Crippen LogP contribution in [0.15, 0.2) is 30.3 Å². The molecular formula is C10H11BrO2. The first kappa shape index (κ1) is 10.3. The van der Waals surface area contributed by atoms with Crippen molar-refractivity contribution in [3.05, 3.63) is 35.9 Å². The largest absolute Gasteiger partial charge is 0.465 e. The van der Waals surface area contributed by atoms with Gasteiger partial charge < -0.3 is 4.74 Å². The van der Waals surface area contributed by atoms with E-state index in [9.17, 15) is 4.79 Å². The van der Waals surface area contributed by atoms with Crippen LogP contribution in [0.25, 0.3) is 0 Å². The number of ether oxygens (including phenoxy) is 1. The Labute approximate surface area is 86.0 Å². The van der Waals surface area contributed by atoms with Crippen molar-refractivity contribution in [2.75, 3.05) is 11.9 Å². The number of rotatable bonds is 4. The highest BCUT2D eigenvalue weighted by Gasteiger charge is 1.98. The molecule has 0 amide bonds. The maximum Gasteiger partial charge on any atom is 0.316 e. The Kier molecular flexibility index (Phi) is 4.54. The molecule has 0 spiro atoms. The second-order valence-corrected chi connectivity index (χ2v) is 3.15. The third kappa shape index (κ3) is 4.08. The molecule has 2 nitrogen and oxygen atoms in total. The Hall–Kier alpha value is -0.830. The molecule has 0 unspecified atom stereocenters. The molecule has 0 heterocycles. The molecule has 1 rings (SSSR count). The van der Waals surface area contributed by atoms with Crippen molar-refractivity contribution in [3.8, 4) is 0 Å². The molecule has 1 aromatic rings. The maximum absolute atomic E-state index is 10.7. The lowest BCUT2D eigenvalue weighted by molar-refractivity contribution is -0.140. The Bertz CT molecular complexity index is 259. The molecule has 0 bridgehead atoms. The lowest BCUT2D eigenvalue weighted by atomic mass is 10.2. The zero-order valence-corrected chi connectivity index (χ0v) is 8.79. The average Bonchev–Trinajstić information content (AvgIpc) is 2.19. The summed E-state index contributed by atoms with van der Waals surface area (Å²) >= 11 is 3.03. The SMILES string of the molecule is O=C(CBr)OCCc1ccccc1. The van der Waals surface area contributed by atoms with Gasteiger partial charge in [-0.25, -0.2) is 0 Å². The van der Waals surface area contributed by atoms with Gasteiger partial charge in [-0.1, -0.05) is 46.3 Å². The van der Waals surface area contributed by atoms with E-state index in [1.165, 1.54) is 5.56 Å². The lowest BCUT2D eigenvalue weighted by Crippen LogP contribution is -2.08. The van der Waals surface area contributed by atoms with Gasteiger partial charge in [-0.2, -0.15) is 0 Å². The number of benzene rings is 1. The molecule has 0 saturated carbocycles. The molecule has 0 atom stereocenters. The van der Waals surface area contributed by atoms with E-state index < -0.39 is 0 Å². The van der Waals surface area contributed by atoms with Gasteiger partial charge in [-0.15, -0.1) is 0 Å². The molecule has 0 saturated heterocycles. The van der Waals surface area contributed by atoms with Gasteiger partial charge in [-0.3, -0.25) is 4.79 Å². The van der Waals surface area contributed by atoms with Crippen LogP contribution < -0.4 is 0 Å². The summed E-state index contributed by atoms with van der Waals surface area (Å²) in [5, 5.41) is 0.266. The number of alkyl halides is 1. The standard InChI is InChI=1S/C10H11BrO2/c11-8-10(12)13-7-6-9-4-2-1-3-5-9/h1-5H,6-8H2. The highest BCUT2D eigenvalue weighted by molar-refractivity contribution is 9.09. The van der Waals surface area contributed by atoms with Crippen LogP contribution in [-0.4, -0.2) is 17.9 Å². The third-order valence-electron chi connectivity index (χ3n) is 1.61. The molecule has 0 fully saturated rings. The quantitative estimate of drug-likeness (QED) is 0.598. The van der Waals surface area contributed by atoms with Crippen LogP contribution in [0.2, 0.25) is 0 Å². The van der Waals surface area contributed by atoms with Crippen LogP contribution in [0.1, 0.15) is 5.56 Å². The molecule has 0 aromatic heterocycles. The van der Waals surface area contributed by atoms with Gasteiger partial charge in [0.05, 0.1) is 6.61 Å². The zero-order chi connectivity index (χ0) is 9.52. The first-order chi connectivity index (χ1) is 6.33. The van der Waals surface area contributed by atoms with Crippen LogP contribution in [-0.2, 0) is 16.0 Å². The second-order valence-electron chi connectivity index (χ2n) is 2.59. The van der Waals surface area contributed by atoms with Gasteiger partial charge >= 0.3 is 5.97 Å². The Morgan fingerprint density at radius 2 is 2.00 bits per heavy atom. The molecule has 1 aromatic carbocycles. The fraction of sp³-hybridized carbons (Fsp3) is 0.300. The summed E-state index contributed by atoms with van der Waals surface area (Å²) in [7, 11) is 0. The van der Waals surface area contributed by atoms with Gasteiger partial charge in [0.1, 0.15) is 5.33 Å². The van der Waals surface area contributed by atoms with Crippen LogP contribution in [0.4, 0.5) is 0 Å². The van der Waals surface area contributed by atoms with Gasteiger partial charge in [-0.05, 0) is 5.56 Å². The summed E-state index contributed by atoms with van der Waals surface area (Å²) in [4.78, 5) is 10.7. The van der Waals surface area contributed by atoms with Crippen molar-refractivity contribution in [1.82, 2.24) is 0 Å². The molecule has 0 aliphatic heterocycles. The van der Waals surface area contributed by atoms with Crippen LogP contribution in [0, 0.1) is 0 Å². The Morgan fingerprint density at radius 1 is 1.31 bits per heavy atom. The number of hydrogen-bond donors (Lipinski definition) is 0. The first-order valence-electron chi connectivity index (χ1n) is 4.08. The minimum absolute atomic E-state index is 0.212. The van der Waals surface area contributed by atoms with Crippen LogP contribution >= 0.6 is 15.9 Å². The van der Waals surface area contributed by atoms with Crippen LogP contribution in [0.3, 0.4) is 0 Å². The van der Waals surface area contributed by atoms with Crippen molar-refractivity contribution in [2.24, 2.45) is 0 Å². The second kappa shape index (κ2) is 5.75. The van der Waals surface area contributed by atoms with Gasteiger partial charge in [0, 0.05) is 6.42 Å². The first-order valence-corrected chi connectivity index (χ1v) is 5.20. The predicted molar refractivity (Wildman–Crippen MR) is 54.9 cm³/mol. The van der Waals surface area contributed by atoms with Gasteiger partial charge in [0.15, 0.2) is 0 Å². The fourth-order valence-corrected chi connectivity index (χ4v) is 1.13. The Morgan fingerprint density at radius 3 is 2.62 bits per heavy atom. The molecule has 0 aliphatic carbocycles. The van der Waals surface area contributed by atoms with E-state index in [0.717, 1.165) is 6.42 Å². The number of carbonyl (C=O) groups is 1. The maximum atomic E-state index is 10.7. The monoisotopic (exact) mass is 242 g/mol. The highest BCUT2D eigenvalue weighted by atomic mass is 79.9. The van der Waals surface area contributed by atoms with Crippen molar-refractivity contribution in [2.45, 2.75) is 6.42 Å². The Balaban J connectivity index is 2.24. The molecule has 0 N–H and O–H groups in total. The minimum atomic E-state index is -0.212. The van der Waals surface area contributed by atoms with Crippen molar-refractivity contribution in [1.29, 1.82) is 0 Å². The minimum Gasteiger partial charge on any atom is -0.465 e. The van der Waals surface area contributed by atoms with E-state index >= 15 is 0 Å². The lowest BCUT2D eigenvalue weighted by Gasteiger charge is -2.02. The average molecular weight is 243 g/mol. The van der Waals surface area contributed by atoms with Crippen molar-refractivity contribution < 1.29 is 9.53 Å². The molecule has 3 heteroatoms. The summed E-state index contributed by atoms with van der Waals surface area (Å²) in [6, 6.07) is 9.95. The molecule has 0 radical (unpaired) electrons. The zero-order valence-electron chi connectivity index (χ0n) is 7.20. The highest BCUT2D eigenvalue weighted by Crippen LogP contribution is 1.99. The van der Waals surface area contributed by atoms with E-state index in [1.807, 2.05) is 30.3 Å². The van der Waals surface area contributed by atoms with E-state index in [1.54, 1.807) is 0 Å². The normalized spacial score (nSPS) is 9.62. The fourth-order valence-electron chi connectivity index (χ4n) is 0.966. The molecule has 70 valence electrons. The topological polar surface area (TPSA) is 26.3 Å². The summed E-state index contributed by atoms with van der Waals surface area (Å²) in [5.41, 5.74) is 1.19. The third-order valence-corrected chi connectivity index (χ3v) is 2.06. The summed E-state index contributed by atoms with van der Waals surface area (Å²) < 4.78 is 4.91. The van der Waals surface area contributed by atoms with E-state index in [0.29, 0.717) is 6.61 Å². The summed E-state index contributed by atoms with van der Waals surface area (Å²) in [6.07, 6.45) is 0.777. The smallest absolute Gasteiger partial charge is 0.316 e. The number of hydrogen-bond acceptors (Lipinski definition) is 2. The summed E-state index contributed by atoms with van der Waals surface area (Å²) in [6.45, 7) is 0.453. The predicted octanol–water partition coefficient (Wildman–Crippen LogP) is 2.17. The molecular weight excluding hydrogens is 232 g/mol. The molecule has 13 heavy (non-hydrogen) atoms. The van der Waals surface area contributed by atoms with E-state index in [2.05, 4.69) is 15.9 Å². The van der Waals surface area contributed by atoms with Crippen LogP contribution in [0.5, 0.6) is 0 Å². The van der Waals surface area contributed by atoms with Gasteiger partial charge in [0.25, 0.3) is 0 Å². The summed E-state index contributed by atoms with van der Waals surface area (Å²) in [5.74, 6) is -0.212. The van der Waals surface area contributed by atoms with Crippen molar-refractivity contribution >= 4 is 21.9 Å². The van der Waals surface area contributed by atoms with E-state index in [-0.39, 0.29) is 11.3 Å². The van der Waals surface area contributed by atoms with Gasteiger partial charge in [0.2, 0.25) is 0 Å². The van der Waals surface area contributed by atoms with E-state index in [4.69, 9.17) is 4.74 Å². The number of carbonyl (C=O) groups excluding carboxylic acids is 1.